The summed E-state index contributed by atoms with van der Waals surface area (Å²) in [5.41, 5.74) is 3.31. The Hall–Kier alpha value is -1.37. The van der Waals surface area contributed by atoms with Crippen molar-refractivity contribution in [3.05, 3.63) is 57.6 Å². The summed E-state index contributed by atoms with van der Waals surface area (Å²) in [5, 5.41) is 0. The molecule has 0 fully saturated rings. The van der Waals surface area contributed by atoms with Crippen molar-refractivity contribution in [1.29, 1.82) is 0 Å². The maximum Gasteiger partial charge on any atom is 0.297 e. The minimum absolute atomic E-state index is 0.00120. The van der Waals surface area contributed by atoms with Crippen LogP contribution in [0, 0.1) is 6.92 Å². The fourth-order valence-corrected chi connectivity index (χ4v) is 4.26. The van der Waals surface area contributed by atoms with Crippen LogP contribution in [0.5, 0.6) is 5.75 Å². The zero-order chi connectivity index (χ0) is 17.3. The van der Waals surface area contributed by atoms with E-state index in [-0.39, 0.29) is 17.6 Å². The molecular formula is C18H19BrO4S. The molecule has 0 aromatic heterocycles. The van der Waals surface area contributed by atoms with Crippen molar-refractivity contribution in [2.45, 2.75) is 37.7 Å². The molecule has 0 aliphatic carbocycles. The molecule has 24 heavy (non-hydrogen) atoms. The van der Waals surface area contributed by atoms with E-state index in [1.165, 1.54) is 5.56 Å². The Morgan fingerprint density at radius 2 is 1.96 bits per heavy atom. The van der Waals surface area contributed by atoms with Gasteiger partial charge in [-0.3, -0.25) is 4.18 Å². The van der Waals surface area contributed by atoms with Gasteiger partial charge in [0.05, 0.1) is 9.37 Å². The van der Waals surface area contributed by atoms with Gasteiger partial charge < -0.3 is 4.74 Å². The molecule has 0 saturated carbocycles. The molecule has 4 nitrogen and oxygen atoms in total. The first-order chi connectivity index (χ1) is 11.4. The number of ether oxygens (including phenoxy) is 1. The van der Waals surface area contributed by atoms with E-state index in [2.05, 4.69) is 28.9 Å². The summed E-state index contributed by atoms with van der Waals surface area (Å²) in [6, 6.07) is 10.8. The lowest BCUT2D eigenvalue weighted by atomic mass is 10.1. The van der Waals surface area contributed by atoms with Gasteiger partial charge in [0.2, 0.25) is 0 Å². The molecule has 0 radical (unpaired) electrons. The number of hydrogen-bond acceptors (Lipinski definition) is 4. The normalized spacial score (nSPS) is 16.7. The zero-order valence-corrected chi connectivity index (χ0v) is 16.0. The van der Waals surface area contributed by atoms with Gasteiger partial charge in [-0.1, -0.05) is 30.7 Å². The number of benzene rings is 2. The summed E-state index contributed by atoms with van der Waals surface area (Å²) in [6.07, 6.45) is 1.28. The van der Waals surface area contributed by atoms with Crippen LogP contribution in [0.3, 0.4) is 0 Å². The van der Waals surface area contributed by atoms with Crippen molar-refractivity contribution < 1.29 is 17.3 Å². The van der Waals surface area contributed by atoms with Gasteiger partial charge in [0.15, 0.2) is 0 Å². The third kappa shape index (κ3) is 3.66. The Morgan fingerprint density at radius 3 is 2.62 bits per heavy atom. The summed E-state index contributed by atoms with van der Waals surface area (Å²) in [4.78, 5) is 0.165. The van der Waals surface area contributed by atoms with Gasteiger partial charge in [0.1, 0.15) is 18.5 Å². The quantitative estimate of drug-likeness (QED) is 0.698. The largest absolute Gasteiger partial charge is 0.486 e. The first-order valence-electron chi connectivity index (χ1n) is 7.83. The molecule has 0 amide bonds. The molecule has 3 rings (SSSR count). The summed E-state index contributed by atoms with van der Waals surface area (Å²) < 4.78 is 36.5. The molecule has 0 saturated heterocycles. The molecule has 1 aliphatic rings. The van der Waals surface area contributed by atoms with Crippen LogP contribution in [-0.4, -0.2) is 21.1 Å². The monoisotopic (exact) mass is 410 g/mol. The lowest BCUT2D eigenvalue weighted by Crippen LogP contribution is -2.23. The second-order valence-corrected chi connectivity index (χ2v) is 8.38. The van der Waals surface area contributed by atoms with E-state index in [0.717, 1.165) is 27.8 Å². The lowest BCUT2D eigenvalue weighted by molar-refractivity contribution is 0.151. The number of halogens is 1. The van der Waals surface area contributed by atoms with Crippen molar-refractivity contribution in [1.82, 2.24) is 0 Å². The van der Waals surface area contributed by atoms with Gasteiger partial charge in [-0.25, -0.2) is 0 Å². The van der Waals surface area contributed by atoms with Crippen LogP contribution in [0.4, 0.5) is 0 Å². The number of rotatable bonds is 5. The van der Waals surface area contributed by atoms with Gasteiger partial charge in [-0.05, 0) is 58.6 Å². The molecule has 1 heterocycles. The molecule has 1 aliphatic heterocycles. The van der Waals surface area contributed by atoms with Gasteiger partial charge >= 0.3 is 0 Å². The third-order valence-electron chi connectivity index (χ3n) is 4.04. The molecule has 1 atom stereocenters. The summed E-state index contributed by atoms with van der Waals surface area (Å²) in [6.45, 7) is 4.00. The van der Waals surface area contributed by atoms with Crippen molar-refractivity contribution in [3.8, 4) is 5.75 Å². The molecule has 0 spiro atoms. The van der Waals surface area contributed by atoms with Crippen LogP contribution < -0.4 is 4.74 Å². The molecule has 128 valence electrons. The fourth-order valence-electron chi connectivity index (χ4n) is 2.69. The van der Waals surface area contributed by atoms with Crippen LogP contribution >= 0.6 is 15.9 Å². The topological polar surface area (TPSA) is 52.6 Å². The van der Waals surface area contributed by atoms with Crippen LogP contribution in [0.2, 0.25) is 0 Å². The predicted octanol–water partition coefficient (Wildman–Crippen LogP) is 4.03. The second kappa shape index (κ2) is 6.86. The van der Waals surface area contributed by atoms with E-state index in [0.29, 0.717) is 6.42 Å². The maximum absolute atomic E-state index is 12.3. The smallest absolute Gasteiger partial charge is 0.297 e. The van der Waals surface area contributed by atoms with Gasteiger partial charge in [-0.15, -0.1) is 0 Å². The fraction of sp³-hybridized carbons (Fsp3) is 0.333. The van der Waals surface area contributed by atoms with Crippen molar-refractivity contribution >= 4 is 26.0 Å². The molecule has 0 N–H and O–H groups in total. The van der Waals surface area contributed by atoms with Gasteiger partial charge in [0, 0.05) is 6.42 Å². The van der Waals surface area contributed by atoms with Crippen molar-refractivity contribution in [2.24, 2.45) is 0 Å². The van der Waals surface area contributed by atoms with Crippen LogP contribution in [0.25, 0.3) is 0 Å². The van der Waals surface area contributed by atoms with Gasteiger partial charge in [-0.2, -0.15) is 8.42 Å². The first kappa shape index (κ1) is 17.5. The van der Waals surface area contributed by atoms with Crippen molar-refractivity contribution in [3.63, 3.8) is 0 Å². The van der Waals surface area contributed by atoms with E-state index in [1.807, 2.05) is 13.0 Å². The van der Waals surface area contributed by atoms with E-state index >= 15 is 0 Å². The maximum atomic E-state index is 12.3. The highest BCUT2D eigenvalue weighted by molar-refractivity contribution is 9.10. The Kier molecular flexibility index (Phi) is 4.99. The average Bonchev–Trinajstić information content (AvgIpc) is 2.97. The highest BCUT2D eigenvalue weighted by Crippen LogP contribution is 2.37. The van der Waals surface area contributed by atoms with E-state index in [9.17, 15) is 8.42 Å². The highest BCUT2D eigenvalue weighted by atomic mass is 79.9. The number of hydrogen-bond donors (Lipinski definition) is 0. The third-order valence-corrected chi connectivity index (χ3v) is 5.92. The minimum atomic E-state index is -3.77. The summed E-state index contributed by atoms with van der Waals surface area (Å²) in [5.74, 6) is 0.786. The van der Waals surface area contributed by atoms with E-state index < -0.39 is 10.1 Å². The van der Waals surface area contributed by atoms with Crippen LogP contribution in [0.1, 0.15) is 23.6 Å². The molecule has 6 heteroatoms. The van der Waals surface area contributed by atoms with E-state index in [4.69, 9.17) is 8.92 Å². The Labute approximate surface area is 151 Å². The molecule has 1 unspecified atom stereocenters. The molecule has 2 aromatic rings. The molecular weight excluding hydrogens is 392 g/mol. The van der Waals surface area contributed by atoms with Crippen LogP contribution in [0.15, 0.2) is 45.8 Å². The number of fused-ring (bicyclic) bond motifs is 1. The van der Waals surface area contributed by atoms with Gasteiger partial charge in [0.25, 0.3) is 10.1 Å². The average molecular weight is 411 g/mol. The Balaban J connectivity index is 1.68. The van der Waals surface area contributed by atoms with E-state index in [1.54, 1.807) is 24.3 Å². The highest BCUT2D eigenvalue weighted by Gasteiger charge is 2.28. The summed E-state index contributed by atoms with van der Waals surface area (Å²) in [7, 11) is -3.77. The standard InChI is InChI=1S/C18H19BrO4S/c1-3-13-8-14-10-15(23-18(14)17(19)9-13)11-22-24(20,21)16-6-4-12(2)5-7-16/h4-9,15H,3,10-11H2,1-2H3. The number of aryl methyl sites for hydroxylation is 2. The Bertz CT molecular complexity index is 844. The molecule has 2 aromatic carbocycles. The predicted molar refractivity (Wildman–Crippen MR) is 96.0 cm³/mol. The zero-order valence-electron chi connectivity index (χ0n) is 13.6. The first-order valence-corrected chi connectivity index (χ1v) is 10.0. The summed E-state index contributed by atoms with van der Waals surface area (Å²) >= 11 is 3.52. The SMILES string of the molecule is CCc1cc(Br)c2c(c1)CC(COS(=O)(=O)c1ccc(C)cc1)O2. The minimum Gasteiger partial charge on any atom is -0.486 e. The van der Waals surface area contributed by atoms with Crippen molar-refractivity contribution in [2.75, 3.05) is 6.61 Å². The van der Waals surface area contributed by atoms with Crippen LogP contribution in [-0.2, 0) is 27.1 Å². The molecule has 0 bridgehead atoms. The Morgan fingerprint density at radius 1 is 1.25 bits per heavy atom. The second-order valence-electron chi connectivity index (χ2n) is 5.92. The lowest BCUT2D eigenvalue weighted by Gasteiger charge is -2.12.